The highest BCUT2D eigenvalue weighted by atomic mass is 19.4. The van der Waals surface area contributed by atoms with Gasteiger partial charge in [-0.1, -0.05) is 42.5 Å². The molecule has 5 heteroatoms. The maximum absolute atomic E-state index is 13.1. The van der Waals surface area contributed by atoms with Crippen LogP contribution in [-0.2, 0) is 6.18 Å². The Hall–Kier alpha value is -3.21. The molecule has 0 aromatic heterocycles. The zero-order chi connectivity index (χ0) is 22.0. The molecule has 3 aromatic carbocycles. The van der Waals surface area contributed by atoms with Crippen LogP contribution < -0.4 is 10.1 Å². The molecule has 0 saturated carbocycles. The minimum atomic E-state index is -4.37. The number of rotatable bonds is 1. The van der Waals surface area contributed by atoms with E-state index in [9.17, 15) is 13.2 Å². The number of anilines is 1. The highest BCUT2D eigenvalue weighted by Crippen LogP contribution is 2.50. The lowest BCUT2D eigenvalue weighted by Gasteiger charge is -2.37. The average Bonchev–Trinajstić information content (AvgIpc) is 2.71. The molecule has 5 rings (SSSR count). The summed E-state index contributed by atoms with van der Waals surface area (Å²) < 4.78 is 45.7. The van der Waals surface area contributed by atoms with Crippen molar-refractivity contribution in [3.05, 3.63) is 89.0 Å². The number of hydrogen-bond acceptors (Lipinski definition) is 2. The van der Waals surface area contributed by atoms with Crippen LogP contribution in [0.2, 0.25) is 0 Å². The van der Waals surface area contributed by atoms with Crippen molar-refractivity contribution in [2.45, 2.75) is 38.6 Å². The van der Waals surface area contributed by atoms with Crippen LogP contribution in [0.15, 0.2) is 66.7 Å². The fraction of sp³-hybridized carbons (Fsp3) is 0.231. The Morgan fingerprint density at radius 1 is 0.903 bits per heavy atom. The molecule has 0 bridgehead atoms. The number of halogens is 3. The van der Waals surface area contributed by atoms with E-state index in [0.717, 1.165) is 51.4 Å². The molecular weight excluding hydrogens is 399 g/mol. The van der Waals surface area contributed by atoms with Crippen molar-refractivity contribution in [1.29, 1.82) is 0 Å². The molecule has 158 valence electrons. The summed E-state index contributed by atoms with van der Waals surface area (Å²) in [6.45, 7) is 6.29. The molecule has 0 radical (unpaired) electrons. The van der Waals surface area contributed by atoms with Crippen molar-refractivity contribution in [1.82, 2.24) is 0 Å². The summed E-state index contributed by atoms with van der Waals surface area (Å²) in [5.74, 6) is 0.727. The van der Waals surface area contributed by atoms with Crippen LogP contribution in [0.5, 0.6) is 5.75 Å². The lowest BCUT2D eigenvalue weighted by molar-refractivity contribution is -0.137. The standard InChI is InChI=1S/C26H22F3NO/c1-15-14-25(2,3)30-20-13-12-19-18-6-4-5-7-21(18)31-24(23(19)22(15)20)16-8-10-17(11-9-16)26(27,28)29/h4-14,24,30H,1-3H3/t24-/m0/s1. The highest BCUT2D eigenvalue weighted by Gasteiger charge is 2.35. The summed E-state index contributed by atoms with van der Waals surface area (Å²) >= 11 is 0. The Balaban J connectivity index is 1.73. The summed E-state index contributed by atoms with van der Waals surface area (Å²) in [4.78, 5) is 0. The van der Waals surface area contributed by atoms with Crippen molar-refractivity contribution in [2.24, 2.45) is 0 Å². The van der Waals surface area contributed by atoms with Gasteiger partial charge in [-0.15, -0.1) is 0 Å². The molecule has 0 saturated heterocycles. The van der Waals surface area contributed by atoms with E-state index >= 15 is 0 Å². The molecule has 0 spiro atoms. The lowest BCUT2D eigenvalue weighted by atomic mass is 9.80. The third-order valence-corrected chi connectivity index (χ3v) is 5.90. The van der Waals surface area contributed by atoms with Crippen LogP contribution in [0.3, 0.4) is 0 Å². The van der Waals surface area contributed by atoms with Gasteiger partial charge in [0.25, 0.3) is 0 Å². The number of ether oxygens (including phenoxy) is 1. The molecule has 2 aliphatic heterocycles. The zero-order valence-corrected chi connectivity index (χ0v) is 17.5. The molecular formula is C26H22F3NO. The van der Waals surface area contributed by atoms with Gasteiger partial charge in [0.05, 0.1) is 11.1 Å². The first kappa shape index (κ1) is 19.7. The van der Waals surface area contributed by atoms with E-state index in [2.05, 4.69) is 44.3 Å². The highest BCUT2D eigenvalue weighted by molar-refractivity contribution is 5.90. The van der Waals surface area contributed by atoms with Gasteiger partial charge < -0.3 is 10.1 Å². The maximum Gasteiger partial charge on any atom is 0.416 e. The first-order valence-electron chi connectivity index (χ1n) is 10.2. The Morgan fingerprint density at radius 2 is 1.61 bits per heavy atom. The average molecular weight is 421 g/mol. The quantitative estimate of drug-likeness (QED) is 0.440. The third kappa shape index (κ3) is 3.29. The van der Waals surface area contributed by atoms with E-state index in [1.54, 1.807) is 0 Å². The Labute approximate surface area is 179 Å². The van der Waals surface area contributed by atoms with Crippen molar-refractivity contribution in [3.8, 4) is 16.9 Å². The van der Waals surface area contributed by atoms with Gasteiger partial charge in [0.15, 0.2) is 6.10 Å². The number of benzene rings is 3. The first-order valence-corrected chi connectivity index (χ1v) is 10.2. The summed E-state index contributed by atoms with van der Waals surface area (Å²) in [7, 11) is 0. The number of hydrogen-bond donors (Lipinski definition) is 1. The summed E-state index contributed by atoms with van der Waals surface area (Å²) in [5, 5.41) is 3.56. The Morgan fingerprint density at radius 3 is 2.32 bits per heavy atom. The zero-order valence-electron chi connectivity index (χ0n) is 17.5. The molecule has 0 unspecified atom stereocenters. The van der Waals surface area contributed by atoms with Crippen molar-refractivity contribution in [2.75, 3.05) is 5.32 Å². The molecule has 31 heavy (non-hydrogen) atoms. The van der Waals surface area contributed by atoms with Gasteiger partial charge in [-0.05, 0) is 61.7 Å². The van der Waals surface area contributed by atoms with Crippen molar-refractivity contribution < 1.29 is 17.9 Å². The van der Waals surface area contributed by atoms with Crippen LogP contribution in [0, 0.1) is 0 Å². The van der Waals surface area contributed by atoms with E-state index in [1.165, 1.54) is 12.1 Å². The molecule has 0 amide bonds. The van der Waals surface area contributed by atoms with Gasteiger partial charge in [0.2, 0.25) is 0 Å². The Kier molecular flexibility index (Phi) is 4.23. The second-order valence-corrected chi connectivity index (χ2v) is 8.74. The molecule has 1 atom stereocenters. The van der Waals surface area contributed by atoms with Crippen LogP contribution in [0.1, 0.15) is 49.1 Å². The van der Waals surface area contributed by atoms with Crippen molar-refractivity contribution in [3.63, 3.8) is 0 Å². The van der Waals surface area contributed by atoms with E-state index in [0.29, 0.717) is 5.56 Å². The monoisotopic (exact) mass is 421 g/mol. The molecule has 0 fully saturated rings. The fourth-order valence-corrected chi connectivity index (χ4v) is 4.71. The second kappa shape index (κ2) is 6.64. The summed E-state index contributed by atoms with van der Waals surface area (Å²) in [6.07, 6.45) is -2.70. The molecule has 0 aliphatic carbocycles. The van der Waals surface area contributed by atoms with Gasteiger partial charge in [0.1, 0.15) is 5.75 Å². The minimum Gasteiger partial charge on any atom is -0.480 e. The van der Waals surface area contributed by atoms with Gasteiger partial charge in [-0.2, -0.15) is 13.2 Å². The van der Waals surface area contributed by atoms with E-state index in [-0.39, 0.29) is 5.54 Å². The minimum absolute atomic E-state index is 0.192. The van der Waals surface area contributed by atoms with Gasteiger partial charge in [-0.25, -0.2) is 0 Å². The molecule has 2 heterocycles. The number of allylic oxidation sites excluding steroid dienone is 1. The predicted octanol–water partition coefficient (Wildman–Crippen LogP) is 7.46. The molecule has 2 nitrogen and oxygen atoms in total. The fourth-order valence-electron chi connectivity index (χ4n) is 4.71. The van der Waals surface area contributed by atoms with Crippen molar-refractivity contribution >= 4 is 11.3 Å². The van der Waals surface area contributed by atoms with Crippen LogP contribution in [0.4, 0.5) is 18.9 Å². The number of alkyl halides is 3. The van der Waals surface area contributed by atoms with Gasteiger partial charge in [-0.3, -0.25) is 0 Å². The van der Waals surface area contributed by atoms with E-state index in [1.807, 2.05) is 24.3 Å². The third-order valence-electron chi connectivity index (χ3n) is 5.90. The summed E-state index contributed by atoms with van der Waals surface area (Å²) in [6, 6.07) is 17.2. The number of para-hydroxylation sites is 1. The Bertz CT molecular complexity index is 1210. The number of nitrogens with one attached hydrogen (secondary N) is 1. The molecule has 1 N–H and O–H groups in total. The summed E-state index contributed by atoms with van der Waals surface area (Å²) in [5.41, 5.74) is 6.02. The van der Waals surface area contributed by atoms with Crippen LogP contribution >= 0.6 is 0 Å². The number of fused-ring (bicyclic) bond motifs is 5. The first-order chi connectivity index (χ1) is 14.6. The maximum atomic E-state index is 13.1. The largest absolute Gasteiger partial charge is 0.480 e. The normalized spacial score (nSPS) is 18.6. The topological polar surface area (TPSA) is 21.3 Å². The lowest BCUT2D eigenvalue weighted by Crippen LogP contribution is -2.32. The molecule has 2 aliphatic rings. The predicted molar refractivity (Wildman–Crippen MR) is 117 cm³/mol. The molecule has 3 aromatic rings. The SMILES string of the molecule is CC1=CC(C)(C)Nc2ccc3c(c21)[C@H](c1ccc(C(F)(F)F)cc1)Oc1ccccc1-3. The van der Waals surface area contributed by atoms with E-state index < -0.39 is 17.8 Å². The van der Waals surface area contributed by atoms with Crippen LogP contribution in [0.25, 0.3) is 16.7 Å². The smallest absolute Gasteiger partial charge is 0.416 e. The van der Waals surface area contributed by atoms with Gasteiger partial charge in [0, 0.05) is 22.4 Å². The van der Waals surface area contributed by atoms with Gasteiger partial charge >= 0.3 is 6.18 Å². The second-order valence-electron chi connectivity index (χ2n) is 8.74. The van der Waals surface area contributed by atoms with E-state index in [4.69, 9.17) is 4.74 Å². The van der Waals surface area contributed by atoms with Crippen LogP contribution in [-0.4, -0.2) is 5.54 Å².